The molecule has 0 fully saturated rings. The van der Waals surface area contributed by atoms with Crippen molar-refractivity contribution in [3.8, 4) is 11.1 Å². The number of rotatable bonds is 4. The molecule has 0 saturated carbocycles. The third kappa shape index (κ3) is 3.69. The minimum Gasteiger partial charge on any atom is -0.464 e. The quantitative estimate of drug-likeness (QED) is 0.742. The van der Waals surface area contributed by atoms with Gasteiger partial charge in [-0.25, -0.2) is 14.8 Å². The molecule has 1 heterocycles. The summed E-state index contributed by atoms with van der Waals surface area (Å²) < 4.78 is 4.56. The number of ether oxygens (including phenoxy) is 1. The van der Waals surface area contributed by atoms with Crippen molar-refractivity contribution in [2.75, 3.05) is 12.4 Å². The fourth-order valence-corrected chi connectivity index (χ4v) is 2.34. The molecular weight excluding hydrogens is 318 g/mol. The Hall–Kier alpha value is -3.54. The number of hydrogen-bond acceptors (Lipinski definition) is 5. The van der Waals surface area contributed by atoms with Gasteiger partial charge in [0.25, 0.3) is 5.91 Å². The van der Waals surface area contributed by atoms with Crippen LogP contribution in [0.5, 0.6) is 0 Å². The highest BCUT2D eigenvalue weighted by Gasteiger charge is 2.14. The minimum atomic E-state index is -0.584. The Labute approximate surface area is 144 Å². The van der Waals surface area contributed by atoms with Crippen LogP contribution in [0, 0.1) is 0 Å². The lowest BCUT2D eigenvalue weighted by Crippen LogP contribution is -2.15. The maximum absolute atomic E-state index is 12.6. The van der Waals surface area contributed by atoms with Crippen LogP contribution in [0.3, 0.4) is 0 Å². The van der Waals surface area contributed by atoms with Crippen molar-refractivity contribution in [2.24, 2.45) is 0 Å². The standard InChI is InChI=1S/C19H15N3O3/c1-25-19(24)16-11-21-17(12-20-16)22-18(23)15-10-6-5-9-14(15)13-7-3-2-4-8-13/h2-12H,1H3,(H,21,22,23). The average molecular weight is 333 g/mol. The molecule has 124 valence electrons. The number of carbonyl (C=O) groups is 2. The summed E-state index contributed by atoms with van der Waals surface area (Å²) in [6.07, 6.45) is 2.57. The topological polar surface area (TPSA) is 81.2 Å². The lowest BCUT2D eigenvalue weighted by Gasteiger charge is -2.10. The van der Waals surface area contributed by atoms with Gasteiger partial charge in [0.15, 0.2) is 11.5 Å². The first-order valence-electron chi connectivity index (χ1n) is 7.55. The lowest BCUT2D eigenvalue weighted by atomic mass is 9.99. The number of methoxy groups -OCH3 is 1. The van der Waals surface area contributed by atoms with Crippen molar-refractivity contribution in [1.29, 1.82) is 0 Å². The molecule has 1 amide bonds. The van der Waals surface area contributed by atoms with Gasteiger partial charge >= 0.3 is 5.97 Å². The summed E-state index contributed by atoms with van der Waals surface area (Å²) in [7, 11) is 1.26. The number of hydrogen-bond donors (Lipinski definition) is 1. The molecule has 6 heteroatoms. The van der Waals surface area contributed by atoms with E-state index >= 15 is 0 Å². The molecule has 0 saturated heterocycles. The second-order valence-corrected chi connectivity index (χ2v) is 5.14. The van der Waals surface area contributed by atoms with Crippen molar-refractivity contribution in [3.63, 3.8) is 0 Å². The molecule has 0 atom stereocenters. The fourth-order valence-electron chi connectivity index (χ4n) is 2.34. The van der Waals surface area contributed by atoms with Gasteiger partial charge in [-0.1, -0.05) is 48.5 Å². The van der Waals surface area contributed by atoms with E-state index in [1.807, 2.05) is 42.5 Å². The van der Waals surface area contributed by atoms with E-state index in [2.05, 4.69) is 20.0 Å². The van der Waals surface area contributed by atoms with Gasteiger partial charge in [0.05, 0.1) is 19.5 Å². The highest BCUT2D eigenvalue weighted by Crippen LogP contribution is 2.24. The molecule has 6 nitrogen and oxygen atoms in total. The smallest absolute Gasteiger partial charge is 0.358 e. The molecule has 0 aliphatic rings. The van der Waals surface area contributed by atoms with Crippen LogP contribution in [0.4, 0.5) is 5.82 Å². The van der Waals surface area contributed by atoms with Crippen LogP contribution in [0.1, 0.15) is 20.8 Å². The van der Waals surface area contributed by atoms with E-state index in [0.29, 0.717) is 5.56 Å². The average Bonchev–Trinajstić information content (AvgIpc) is 2.68. The Balaban J connectivity index is 1.84. The van der Waals surface area contributed by atoms with Gasteiger partial charge in [0.2, 0.25) is 0 Å². The van der Waals surface area contributed by atoms with Gasteiger partial charge in [-0.05, 0) is 17.2 Å². The van der Waals surface area contributed by atoms with Gasteiger partial charge in [-0.2, -0.15) is 0 Å². The zero-order valence-electron chi connectivity index (χ0n) is 13.5. The van der Waals surface area contributed by atoms with Crippen LogP contribution in [0.25, 0.3) is 11.1 Å². The second kappa shape index (κ2) is 7.35. The largest absolute Gasteiger partial charge is 0.464 e. The first kappa shape index (κ1) is 16.3. The molecule has 2 aromatic carbocycles. The van der Waals surface area contributed by atoms with Crippen LogP contribution in [0.15, 0.2) is 67.0 Å². The van der Waals surface area contributed by atoms with Gasteiger partial charge in [-0.15, -0.1) is 0 Å². The van der Waals surface area contributed by atoms with Crippen molar-refractivity contribution < 1.29 is 14.3 Å². The summed E-state index contributed by atoms with van der Waals surface area (Å²) in [6.45, 7) is 0. The molecule has 3 aromatic rings. The van der Waals surface area contributed by atoms with Crippen LogP contribution >= 0.6 is 0 Å². The molecule has 0 spiro atoms. The molecule has 3 rings (SSSR count). The Morgan fingerprint density at radius 3 is 2.32 bits per heavy atom. The van der Waals surface area contributed by atoms with Crippen molar-refractivity contribution in [1.82, 2.24) is 9.97 Å². The molecular formula is C19H15N3O3. The summed E-state index contributed by atoms with van der Waals surface area (Å²) >= 11 is 0. The Bertz CT molecular complexity index is 893. The summed E-state index contributed by atoms with van der Waals surface area (Å²) in [5.41, 5.74) is 2.36. The van der Waals surface area contributed by atoms with Gasteiger partial charge < -0.3 is 10.1 Å². The summed E-state index contributed by atoms with van der Waals surface area (Å²) in [5, 5.41) is 2.69. The molecule has 0 unspecified atom stereocenters. The number of nitrogens with zero attached hydrogens (tertiary/aromatic N) is 2. The van der Waals surface area contributed by atoms with E-state index in [4.69, 9.17) is 0 Å². The molecule has 1 N–H and O–H groups in total. The molecule has 0 aliphatic carbocycles. The number of esters is 1. The molecule has 25 heavy (non-hydrogen) atoms. The maximum atomic E-state index is 12.6. The van der Waals surface area contributed by atoms with Crippen LogP contribution < -0.4 is 5.32 Å². The van der Waals surface area contributed by atoms with E-state index in [9.17, 15) is 9.59 Å². The second-order valence-electron chi connectivity index (χ2n) is 5.14. The van der Waals surface area contributed by atoms with E-state index in [0.717, 1.165) is 11.1 Å². The van der Waals surface area contributed by atoms with Crippen LogP contribution in [-0.4, -0.2) is 29.0 Å². The van der Waals surface area contributed by atoms with E-state index < -0.39 is 5.97 Å². The Morgan fingerprint density at radius 2 is 1.64 bits per heavy atom. The predicted octanol–water partition coefficient (Wildman–Crippen LogP) is 3.18. The predicted molar refractivity (Wildman–Crippen MR) is 93.2 cm³/mol. The summed E-state index contributed by atoms with van der Waals surface area (Å²) in [6, 6.07) is 16.9. The van der Waals surface area contributed by atoms with E-state index in [1.54, 1.807) is 12.1 Å². The van der Waals surface area contributed by atoms with Crippen LogP contribution in [0.2, 0.25) is 0 Å². The lowest BCUT2D eigenvalue weighted by molar-refractivity contribution is 0.0593. The zero-order chi connectivity index (χ0) is 17.6. The molecule has 0 radical (unpaired) electrons. The fraction of sp³-hybridized carbons (Fsp3) is 0.0526. The number of aromatic nitrogens is 2. The van der Waals surface area contributed by atoms with Gasteiger partial charge in [0, 0.05) is 5.56 Å². The highest BCUT2D eigenvalue weighted by molar-refractivity contribution is 6.08. The number of anilines is 1. The van der Waals surface area contributed by atoms with Crippen molar-refractivity contribution in [2.45, 2.75) is 0 Å². The third-order valence-electron chi connectivity index (χ3n) is 3.54. The van der Waals surface area contributed by atoms with Crippen molar-refractivity contribution >= 4 is 17.7 Å². The van der Waals surface area contributed by atoms with E-state index in [-0.39, 0.29) is 17.4 Å². The molecule has 1 aromatic heterocycles. The highest BCUT2D eigenvalue weighted by atomic mass is 16.5. The van der Waals surface area contributed by atoms with Gasteiger partial charge in [0.1, 0.15) is 0 Å². The normalized spacial score (nSPS) is 10.1. The first-order chi connectivity index (χ1) is 12.2. The van der Waals surface area contributed by atoms with E-state index in [1.165, 1.54) is 19.5 Å². The number of benzene rings is 2. The van der Waals surface area contributed by atoms with Crippen molar-refractivity contribution in [3.05, 3.63) is 78.2 Å². The summed E-state index contributed by atoms with van der Waals surface area (Å²) in [4.78, 5) is 31.9. The molecule has 0 aliphatic heterocycles. The number of carbonyl (C=O) groups excluding carboxylic acids is 2. The Morgan fingerprint density at radius 1 is 0.920 bits per heavy atom. The van der Waals surface area contributed by atoms with Gasteiger partial charge in [-0.3, -0.25) is 4.79 Å². The maximum Gasteiger partial charge on any atom is 0.358 e. The molecule has 0 bridgehead atoms. The third-order valence-corrected chi connectivity index (χ3v) is 3.54. The Kier molecular flexibility index (Phi) is 4.80. The number of amides is 1. The summed E-state index contributed by atoms with van der Waals surface area (Å²) in [5.74, 6) is -0.639. The zero-order valence-corrected chi connectivity index (χ0v) is 13.5. The van der Waals surface area contributed by atoms with Crippen LogP contribution in [-0.2, 0) is 4.74 Å². The number of nitrogens with one attached hydrogen (secondary N) is 1. The SMILES string of the molecule is COC(=O)c1cnc(NC(=O)c2ccccc2-c2ccccc2)cn1. The first-order valence-corrected chi connectivity index (χ1v) is 7.55. The minimum absolute atomic E-state index is 0.0742. The monoisotopic (exact) mass is 333 g/mol.